The SMILES string of the molecule is CCCC/C=C\CCCCCCCC(=O)OC[C@H](COP(=O)(O)OCC[N+](C)(C)C)OC(=O)CCCCCCCCCCCCCCCCCCC. The number of unbranched alkanes of at least 4 members (excludes halogenated alkanes) is 23. The number of allylic oxidation sites excluding steroid dienone is 2. The number of carbonyl (C=O) groups is 2. The monoisotopic (exact) mass is 761 g/mol. The van der Waals surface area contributed by atoms with Crippen molar-refractivity contribution in [3.8, 4) is 0 Å². The first-order chi connectivity index (χ1) is 25.0. The quantitative estimate of drug-likeness (QED) is 0.0217. The predicted octanol–water partition coefficient (Wildman–Crippen LogP) is 11.8. The van der Waals surface area contributed by atoms with Gasteiger partial charge in [-0.25, -0.2) is 4.57 Å². The average molecular weight is 761 g/mol. The van der Waals surface area contributed by atoms with Crippen molar-refractivity contribution in [2.45, 2.75) is 200 Å². The van der Waals surface area contributed by atoms with E-state index in [4.69, 9.17) is 18.5 Å². The fraction of sp³-hybridized carbons (Fsp3) is 0.905. The molecule has 52 heavy (non-hydrogen) atoms. The summed E-state index contributed by atoms with van der Waals surface area (Å²) in [6.45, 7) is 4.39. The molecular formula is C42H83NO8P+. The summed E-state index contributed by atoms with van der Waals surface area (Å²) < 4.78 is 34.2. The topological polar surface area (TPSA) is 108 Å². The summed E-state index contributed by atoms with van der Waals surface area (Å²) in [5.74, 6) is -0.802. The third kappa shape index (κ3) is 38.5. The van der Waals surface area contributed by atoms with Gasteiger partial charge in [0.2, 0.25) is 0 Å². The van der Waals surface area contributed by atoms with Crippen molar-refractivity contribution >= 4 is 19.8 Å². The van der Waals surface area contributed by atoms with Crippen LogP contribution >= 0.6 is 7.82 Å². The molecule has 0 fully saturated rings. The molecule has 0 saturated carbocycles. The lowest BCUT2D eigenvalue weighted by atomic mass is 10.0. The van der Waals surface area contributed by atoms with E-state index in [9.17, 15) is 19.0 Å². The maximum atomic E-state index is 12.7. The van der Waals surface area contributed by atoms with Crippen molar-refractivity contribution in [2.24, 2.45) is 0 Å². The molecule has 0 saturated heterocycles. The molecule has 1 unspecified atom stereocenters. The van der Waals surface area contributed by atoms with E-state index in [0.29, 0.717) is 17.4 Å². The zero-order chi connectivity index (χ0) is 38.6. The van der Waals surface area contributed by atoms with Gasteiger partial charge < -0.3 is 18.9 Å². The molecule has 0 bridgehead atoms. The van der Waals surface area contributed by atoms with Crippen LogP contribution in [0.15, 0.2) is 12.2 Å². The second-order valence-electron chi connectivity index (χ2n) is 15.7. The molecule has 0 aromatic carbocycles. The highest BCUT2D eigenvalue weighted by molar-refractivity contribution is 7.47. The number of hydrogen-bond donors (Lipinski definition) is 1. The maximum absolute atomic E-state index is 12.7. The highest BCUT2D eigenvalue weighted by Crippen LogP contribution is 2.43. The Balaban J connectivity index is 4.33. The molecule has 10 heteroatoms. The minimum Gasteiger partial charge on any atom is -0.462 e. The Morgan fingerprint density at radius 3 is 1.48 bits per heavy atom. The number of hydrogen-bond acceptors (Lipinski definition) is 7. The number of likely N-dealkylation sites (N-methyl/N-ethyl adjacent to an activating group) is 1. The van der Waals surface area contributed by atoms with E-state index in [1.807, 2.05) is 21.1 Å². The molecule has 1 N–H and O–H groups in total. The lowest BCUT2D eigenvalue weighted by Crippen LogP contribution is -2.37. The van der Waals surface area contributed by atoms with Crippen molar-refractivity contribution in [3.05, 3.63) is 12.2 Å². The van der Waals surface area contributed by atoms with E-state index in [0.717, 1.165) is 57.8 Å². The van der Waals surface area contributed by atoms with Gasteiger partial charge in [0.15, 0.2) is 6.10 Å². The van der Waals surface area contributed by atoms with Crippen molar-refractivity contribution in [1.82, 2.24) is 0 Å². The van der Waals surface area contributed by atoms with Gasteiger partial charge in [-0.1, -0.05) is 161 Å². The van der Waals surface area contributed by atoms with Crippen LogP contribution in [0.25, 0.3) is 0 Å². The van der Waals surface area contributed by atoms with Crippen LogP contribution in [0, 0.1) is 0 Å². The maximum Gasteiger partial charge on any atom is 0.472 e. The van der Waals surface area contributed by atoms with Gasteiger partial charge in [-0.2, -0.15) is 0 Å². The lowest BCUT2D eigenvalue weighted by Gasteiger charge is -2.24. The number of phosphoric acid groups is 1. The summed E-state index contributed by atoms with van der Waals surface area (Å²) in [5.41, 5.74) is 0. The van der Waals surface area contributed by atoms with Gasteiger partial charge in [0.05, 0.1) is 27.7 Å². The molecule has 0 heterocycles. The summed E-state index contributed by atoms with van der Waals surface area (Å²) in [6, 6.07) is 0. The van der Waals surface area contributed by atoms with E-state index in [1.165, 1.54) is 103 Å². The molecule has 0 aliphatic carbocycles. The van der Waals surface area contributed by atoms with E-state index >= 15 is 0 Å². The Morgan fingerprint density at radius 1 is 0.577 bits per heavy atom. The Morgan fingerprint density at radius 2 is 1.00 bits per heavy atom. The highest BCUT2D eigenvalue weighted by Gasteiger charge is 2.27. The Kier molecular flexibility index (Phi) is 34.6. The van der Waals surface area contributed by atoms with Crippen LogP contribution in [0.4, 0.5) is 0 Å². The van der Waals surface area contributed by atoms with Gasteiger partial charge >= 0.3 is 19.8 Å². The molecule has 0 aromatic heterocycles. The first-order valence-electron chi connectivity index (χ1n) is 21.4. The van der Waals surface area contributed by atoms with Gasteiger partial charge in [-0.15, -0.1) is 0 Å². The van der Waals surface area contributed by atoms with Gasteiger partial charge in [0.1, 0.15) is 19.8 Å². The third-order valence-corrected chi connectivity index (χ3v) is 10.3. The predicted molar refractivity (Wildman–Crippen MR) is 215 cm³/mol. The minimum absolute atomic E-state index is 0.0334. The third-order valence-electron chi connectivity index (χ3n) is 9.30. The number of quaternary nitrogens is 1. The van der Waals surface area contributed by atoms with E-state index in [1.54, 1.807) is 0 Å². The molecule has 0 rings (SSSR count). The standard InChI is InChI=1S/C42H82NO8P/c1-6-8-10-12-14-16-18-19-20-21-22-23-25-27-29-31-33-35-42(45)51-40(39-50-52(46,47)49-37-36-43(3,4)5)38-48-41(44)34-32-30-28-26-24-17-15-13-11-9-7-2/h13,15,40H,6-12,14,16-39H2,1-5H3/p+1/b15-13-/t40-/m1/s1. The van der Waals surface area contributed by atoms with E-state index in [-0.39, 0.29) is 32.0 Å². The van der Waals surface area contributed by atoms with Crippen molar-refractivity contribution in [1.29, 1.82) is 0 Å². The Bertz CT molecular complexity index is 907. The van der Waals surface area contributed by atoms with Crippen LogP contribution in [0.5, 0.6) is 0 Å². The van der Waals surface area contributed by atoms with Crippen molar-refractivity contribution < 1.29 is 42.1 Å². The number of ether oxygens (including phenoxy) is 2. The molecule has 308 valence electrons. The molecule has 0 amide bonds. The molecule has 2 atom stereocenters. The number of nitrogens with zero attached hydrogens (tertiary/aromatic N) is 1. The van der Waals surface area contributed by atoms with Crippen LogP contribution in [-0.4, -0.2) is 74.9 Å². The fourth-order valence-corrected chi connectivity index (χ4v) is 6.62. The number of esters is 2. The summed E-state index contributed by atoms with van der Waals surface area (Å²) in [5, 5.41) is 0. The second-order valence-corrected chi connectivity index (χ2v) is 17.2. The molecular weight excluding hydrogens is 677 g/mol. The fourth-order valence-electron chi connectivity index (χ4n) is 5.88. The molecule has 0 aromatic rings. The summed E-state index contributed by atoms with van der Waals surface area (Å²) in [4.78, 5) is 35.3. The second kappa shape index (κ2) is 35.5. The highest BCUT2D eigenvalue weighted by atomic mass is 31.2. The van der Waals surface area contributed by atoms with Crippen LogP contribution in [0.3, 0.4) is 0 Å². The normalized spacial score (nSPS) is 13.7. The molecule has 0 aliphatic heterocycles. The van der Waals surface area contributed by atoms with Crippen molar-refractivity contribution in [2.75, 3.05) is 47.5 Å². The van der Waals surface area contributed by atoms with Crippen LogP contribution in [-0.2, 0) is 32.7 Å². The average Bonchev–Trinajstić information content (AvgIpc) is 3.09. The Hall–Kier alpha value is -1.25. The summed E-state index contributed by atoms with van der Waals surface area (Å²) in [7, 11) is 1.48. The molecule has 9 nitrogen and oxygen atoms in total. The van der Waals surface area contributed by atoms with Crippen LogP contribution in [0.1, 0.15) is 194 Å². The van der Waals surface area contributed by atoms with Gasteiger partial charge in [0, 0.05) is 12.8 Å². The number of phosphoric ester groups is 1. The first-order valence-corrected chi connectivity index (χ1v) is 22.9. The zero-order valence-electron chi connectivity index (χ0n) is 34.6. The molecule has 0 spiro atoms. The van der Waals surface area contributed by atoms with Gasteiger partial charge in [-0.3, -0.25) is 18.6 Å². The molecule has 0 radical (unpaired) electrons. The lowest BCUT2D eigenvalue weighted by molar-refractivity contribution is -0.870. The van der Waals surface area contributed by atoms with Gasteiger partial charge in [0.25, 0.3) is 0 Å². The van der Waals surface area contributed by atoms with E-state index < -0.39 is 26.5 Å². The Labute approximate surface area is 320 Å². The minimum atomic E-state index is -4.37. The first kappa shape index (κ1) is 50.8. The van der Waals surface area contributed by atoms with Crippen LogP contribution in [0.2, 0.25) is 0 Å². The number of carbonyl (C=O) groups excluding carboxylic acids is 2. The summed E-state index contributed by atoms with van der Waals surface area (Å²) >= 11 is 0. The van der Waals surface area contributed by atoms with E-state index in [2.05, 4.69) is 26.0 Å². The largest absolute Gasteiger partial charge is 0.472 e. The number of rotatable bonds is 39. The van der Waals surface area contributed by atoms with Gasteiger partial charge in [-0.05, 0) is 32.1 Å². The zero-order valence-corrected chi connectivity index (χ0v) is 35.5. The smallest absolute Gasteiger partial charge is 0.462 e. The molecule has 0 aliphatic rings. The summed E-state index contributed by atoms with van der Waals surface area (Å²) in [6.07, 6.45) is 35.4. The van der Waals surface area contributed by atoms with Crippen LogP contribution < -0.4 is 0 Å². The van der Waals surface area contributed by atoms with Crippen molar-refractivity contribution in [3.63, 3.8) is 0 Å².